The Morgan fingerprint density at radius 1 is 1.16 bits per heavy atom. The van der Waals surface area contributed by atoms with Gasteiger partial charge in [0.2, 0.25) is 0 Å². The fourth-order valence-corrected chi connectivity index (χ4v) is 1.77. The highest BCUT2D eigenvalue weighted by Gasteiger charge is 2.16. The smallest absolute Gasteiger partial charge is 0.397 e. The molecule has 5 heteroatoms. The number of carbonyl (C=O) groups excluding carboxylic acids is 2. The molecule has 0 bridgehead atoms. The summed E-state index contributed by atoms with van der Waals surface area (Å²) in [7, 11) is 0. The fourth-order valence-electron chi connectivity index (χ4n) is 1.77. The molecule has 0 radical (unpaired) electrons. The Labute approximate surface area is 109 Å². The van der Waals surface area contributed by atoms with Crippen molar-refractivity contribution in [2.24, 2.45) is 0 Å². The molecule has 0 saturated carbocycles. The number of benzene rings is 2. The first-order valence-electron chi connectivity index (χ1n) is 5.82. The van der Waals surface area contributed by atoms with Gasteiger partial charge in [-0.2, -0.15) is 0 Å². The summed E-state index contributed by atoms with van der Waals surface area (Å²) >= 11 is 0. The average Bonchev–Trinajstić information content (AvgIpc) is 2.40. The predicted molar refractivity (Wildman–Crippen MR) is 70.9 cm³/mol. The van der Waals surface area contributed by atoms with Crippen LogP contribution in [0, 0.1) is 0 Å². The molecule has 0 aliphatic heterocycles. The second-order valence-corrected chi connectivity index (χ2v) is 3.85. The van der Waals surface area contributed by atoms with E-state index in [0.29, 0.717) is 16.5 Å². The van der Waals surface area contributed by atoms with E-state index in [1.54, 1.807) is 43.3 Å². The monoisotopic (exact) mass is 259 g/mol. The van der Waals surface area contributed by atoms with Crippen LogP contribution >= 0.6 is 0 Å². The molecule has 0 heterocycles. The lowest BCUT2D eigenvalue weighted by molar-refractivity contribution is -0.152. The van der Waals surface area contributed by atoms with Crippen LogP contribution in [0.15, 0.2) is 36.4 Å². The van der Waals surface area contributed by atoms with Gasteiger partial charge < -0.3 is 15.2 Å². The molecule has 0 aliphatic carbocycles. The summed E-state index contributed by atoms with van der Waals surface area (Å²) in [6.07, 6.45) is 0. The molecule has 0 unspecified atom stereocenters. The van der Waals surface area contributed by atoms with E-state index in [9.17, 15) is 14.7 Å². The van der Waals surface area contributed by atoms with Crippen LogP contribution in [-0.4, -0.2) is 23.6 Å². The number of nitrogens with one attached hydrogen (secondary N) is 1. The topological polar surface area (TPSA) is 75.6 Å². The third kappa shape index (κ3) is 2.65. The molecule has 2 rings (SSSR count). The van der Waals surface area contributed by atoms with Gasteiger partial charge in [-0.3, -0.25) is 4.79 Å². The molecule has 19 heavy (non-hydrogen) atoms. The lowest BCUT2D eigenvalue weighted by atomic mass is 10.1. The van der Waals surface area contributed by atoms with Crippen molar-refractivity contribution in [3.8, 4) is 5.75 Å². The SMILES string of the molecule is CCOC(=O)C(=O)Nc1cccc2c(O)cccc12. The first-order chi connectivity index (χ1) is 9.13. The Bertz CT molecular complexity index is 636. The van der Waals surface area contributed by atoms with Gasteiger partial charge in [-0.25, -0.2) is 4.79 Å². The maximum Gasteiger partial charge on any atom is 0.397 e. The van der Waals surface area contributed by atoms with Crippen LogP contribution in [0.1, 0.15) is 6.92 Å². The largest absolute Gasteiger partial charge is 0.507 e. The van der Waals surface area contributed by atoms with Crippen molar-refractivity contribution in [2.75, 3.05) is 11.9 Å². The number of ether oxygens (including phenoxy) is 1. The molecule has 0 saturated heterocycles. The molecule has 5 nitrogen and oxygen atoms in total. The minimum Gasteiger partial charge on any atom is -0.507 e. The number of hydrogen-bond acceptors (Lipinski definition) is 4. The number of phenols is 1. The minimum absolute atomic E-state index is 0.115. The third-order valence-corrected chi connectivity index (χ3v) is 2.61. The number of rotatable bonds is 2. The number of hydrogen-bond donors (Lipinski definition) is 2. The van der Waals surface area contributed by atoms with E-state index >= 15 is 0 Å². The Balaban J connectivity index is 2.34. The second kappa shape index (κ2) is 5.39. The number of amides is 1. The number of anilines is 1. The van der Waals surface area contributed by atoms with E-state index in [2.05, 4.69) is 10.1 Å². The highest BCUT2D eigenvalue weighted by atomic mass is 16.5. The van der Waals surface area contributed by atoms with Gasteiger partial charge in [0, 0.05) is 16.5 Å². The molecule has 2 aromatic rings. The van der Waals surface area contributed by atoms with Gasteiger partial charge in [-0.1, -0.05) is 24.3 Å². The molecule has 0 aliphatic rings. The fraction of sp³-hybridized carbons (Fsp3) is 0.143. The molecular weight excluding hydrogens is 246 g/mol. The summed E-state index contributed by atoms with van der Waals surface area (Å²) in [4.78, 5) is 22.8. The predicted octanol–water partition coefficient (Wildman–Crippen LogP) is 2.05. The Hall–Kier alpha value is -2.56. The Kier molecular flexibility index (Phi) is 3.66. The van der Waals surface area contributed by atoms with Gasteiger partial charge in [-0.15, -0.1) is 0 Å². The van der Waals surface area contributed by atoms with Crippen LogP contribution in [0.2, 0.25) is 0 Å². The van der Waals surface area contributed by atoms with Crippen molar-refractivity contribution in [1.29, 1.82) is 0 Å². The molecule has 0 atom stereocenters. The van der Waals surface area contributed by atoms with Gasteiger partial charge in [0.05, 0.1) is 6.61 Å². The normalized spacial score (nSPS) is 10.2. The van der Waals surface area contributed by atoms with Crippen molar-refractivity contribution in [3.05, 3.63) is 36.4 Å². The Morgan fingerprint density at radius 3 is 2.58 bits per heavy atom. The van der Waals surface area contributed by atoms with Crippen LogP contribution in [-0.2, 0) is 14.3 Å². The van der Waals surface area contributed by atoms with E-state index < -0.39 is 11.9 Å². The van der Waals surface area contributed by atoms with Crippen molar-refractivity contribution >= 4 is 28.3 Å². The number of phenolic OH excluding ortho intramolecular Hbond substituents is 1. The number of esters is 1. The zero-order valence-electron chi connectivity index (χ0n) is 10.3. The van der Waals surface area contributed by atoms with Crippen LogP contribution < -0.4 is 5.32 Å². The maximum absolute atomic E-state index is 11.6. The first kappa shape index (κ1) is 12.9. The van der Waals surface area contributed by atoms with Gasteiger partial charge >= 0.3 is 11.9 Å². The molecule has 0 spiro atoms. The molecule has 1 amide bonds. The third-order valence-electron chi connectivity index (χ3n) is 2.61. The minimum atomic E-state index is -0.931. The lowest BCUT2D eigenvalue weighted by Gasteiger charge is -2.08. The molecule has 0 fully saturated rings. The molecule has 2 N–H and O–H groups in total. The van der Waals surface area contributed by atoms with Gasteiger partial charge in [0.1, 0.15) is 5.75 Å². The number of carbonyl (C=O) groups is 2. The summed E-state index contributed by atoms with van der Waals surface area (Å²) < 4.78 is 4.61. The van der Waals surface area contributed by atoms with Crippen LogP contribution in [0.5, 0.6) is 5.75 Å². The van der Waals surface area contributed by atoms with Crippen LogP contribution in [0.25, 0.3) is 10.8 Å². The maximum atomic E-state index is 11.6. The highest BCUT2D eigenvalue weighted by Crippen LogP contribution is 2.29. The summed E-state index contributed by atoms with van der Waals surface area (Å²) in [5.74, 6) is -1.65. The van der Waals surface area contributed by atoms with E-state index in [-0.39, 0.29) is 12.4 Å². The van der Waals surface area contributed by atoms with E-state index in [1.807, 2.05) is 0 Å². The molecule has 98 valence electrons. The van der Waals surface area contributed by atoms with Crippen LogP contribution in [0.3, 0.4) is 0 Å². The van der Waals surface area contributed by atoms with E-state index in [0.717, 1.165) is 0 Å². The number of fused-ring (bicyclic) bond motifs is 1. The van der Waals surface area contributed by atoms with Crippen molar-refractivity contribution in [1.82, 2.24) is 0 Å². The summed E-state index contributed by atoms with van der Waals surface area (Å²) in [5, 5.41) is 13.4. The van der Waals surface area contributed by atoms with Gasteiger partial charge in [-0.05, 0) is 19.1 Å². The standard InChI is InChI=1S/C14H13NO4/c1-2-19-14(18)13(17)15-11-7-3-6-10-9(11)5-4-8-12(10)16/h3-8,16H,2H2,1H3,(H,15,17). The zero-order chi connectivity index (χ0) is 13.8. The zero-order valence-corrected chi connectivity index (χ0v) is 10.3. The van der Waals surface area contributed by atoms with Crippen LogP contribution in [0.4, 0.5) is 5.69 Å². The first-order valence-corrected chi connectivity index (χ1v) is 5.82. The lowest BCUT2D eigenvalue weighted by Crippen LogP contribution is -2.25. The van der Waals surface area contributed by atoms with E-state index in [1.165, 1.54) is 0 Å². The van der Waals surface area contributed by atoms with E-state index in [4.69, 9.17) is 0 Å². The van der Waals surface area contributed by atoms with Crippen molar-refractivity contribution in [2.45, 2.75) is 6.92 Å². The average molecular weight is 259 g/mol. The van der Waals surface area contributed by atoms with Gasteiger partial charge in [0.25, 0.3) is 0 Å². The summed E-state index contributed by atoms with van der Waals surface area (Å²) in [6.45, 7) is 1.77. The van der Waals surface area contributed by atoms with Crippen molar-refractivity contribution in [3.63, 3.8) is 0 Å². The highest BCUT2D eigenvalue weighted by molar-refractivity contribution is 6.38. The summed E-state index contributed by atoms with van der Waals surface area (Å²) in [6, 6.07) is 10.0. The molecular formula is C14H13NO4. The second-order valence-electron chi connectivity index (χ2n) is 3.85. The Morgan fingerprint density at radius 2 is 1.84 bits per heavy atom. The summed E-state index contributed by atoms with van der Waals surface area (Å²) in [5.41, 5.74) is 0.450. The molecule has 2 aromatic carbocycles. The van der Waals surface area contributed by atoms with Gasteiger partial charge in [0.15, 0.2) is 0 Å². The number of aromatic hydroxyl groups is 1. The quantitative estimate of drug-likeness (QED) is 0.639. The molecule has 0 aromatic heterocycles. The van der Waals surface area contributed by atoms with Crippen molar-refractivity contribution < 1.29 is 19.4 Å².